The fourth-order valence-electron chi connectivity index (χ4n) is 1.44. The molecule has 0 unspecified atom stereocenters. The predicted octanol–water partition coefficient (Wildman–Crippen LogP) is 3.90. The molecule has 15 heavy (non-hydrogen) atoms. The molecule has 0 aliphatic carbocycles. The quantitative estimate of drug-likeness (QED) is 0.421. The molecule has 0 spiro atoms. The number of benzene rings is 1. The van der Waals surface area contributed by atoms with E-state index in [-0.39, 0.29) is 5.78 Å². The molecule has 0 saturated heterocycles. The largest absolute Gasteiger partial charge is 0.294 e. The maximum Gasteiger partial charge on any atom is 0.162 e. The number of ketones is 1. The molecular formula is C13H17ClO. The second kappa shape index (κ2) is 5.92. The highest BCUT2D eigenvalue weighted by molar-refractivity contribution is 6.17. The molecule has 0 aliphatic rings. The van der Waals surface area contributed by atoms with Crippen LogP contribution in [0, 0.1) is 13.8 Å². The lowest BCUT2D eigenvalue weighted by atomic mass is 10.0. The predicted molar refractivity (Wildman–Crippen MR) is 64.8 cm³/mol. The fraction of sp³-hybridized carbons (Fsp3) is 0.462. The third kappa shape index (κ3) is 3.67. The van der Waals surface area contributed by atoms with Gasteiger partial charge in [-0.3, -0.25) is 4.79 Å². The van der Waals surface area contributed by atoms with Gasteiger partial charge in [0.2, 0.25) is 0 Å². The van der Waals surface area contributed by atoms with Crippen molar-refractivity contribution in [3.63, 3.8) is 0 Å². The lowest BCUT2D eigenvalue weighted by Gasteiger charge is -2.04. The Labute approximate surface area is 96.5 Å². The molecule has 0 N–H and O–H groups in total. The zero-order valence-corrected chi connectivity index (χ0v) is 10.1. The first-order valence-electron chi connectivity index (χ1n) is 5.31. The Kier molecular flexibility index (Phi) is 4.83. The van der Waals surface area contributed by atoms with Crippen molar-refractivity contribution >= 4 is 17.4 Å². The van der Waals surface area contributed by atoms with E-state index in [1.165, 1.54) is 11.1 Å². The summed E-state index contributed by atoms with van der Waals surface area (Å²) in [5, 5.41) is 0. The molecule has 0 amide bonds. The third-order valence-electron chi connectivity index (χ3n) is 2.62. The molecule has 0 aromatic heterocycles. The van der Waals surface area contributed by atoms with E-state index in [0.29, 0.717) is 12.3 Å². The monoisotopic (exact) mass is 224 g/mol. The molecule has 0 bridgehead atoms. The standard InChI is InChI=1S/C13H17ClO/c1-10-6-7-12(9-11(10)2)13(15)5-3-4-8-14/h6-7,9H,3-5,8H2,1-2H3. The first-order valence-corrected chi connectivity index (χ1v) is 5.85. The number of carbonyl (C=O) groups excluding carboxylic acids is 1. The zero-order chi connectivity index (χ0) is 11.3. The van der Waals surface area contributed by atoms with Crippen molar-refractivity contribution in [3.8, 4) is 0 Å². The molecule has 2 heteroatoms. The Morgan fingerprint density at radius 3 is 2.53 bits per heavy atom. The molecule has 0 atom stereocenters. The summed E-state index contributed by atoms with van der Waals surface area (Å²) in [5.41, 5.74) is 3.23. The molecule has 0 aliphatic heterocycles. The smallest absolute Gasteiger partial charge is 0.162 e. The van der Waals surface area contributed by atoms with Gasteiger partial charge in [0.15, 0.2) is 5.78 Å². The van der Waals surface area contributed by atoms with Crippen molar-refractivity contribution in [1.82, 2.24) is 0 Å². The van der Waals surface area contributed by atoms with E-state index in [4.69, 9.17) is 11.6 Å². The van der Waals surface area contributed by atoms with E-state index in [1.807, 2.05) is 25.1 Å². The van der Waals surface area contributed by atoms with Crippen LogP contribution in [0.1, 0.15) is 40.7 Å². The van der Waals surface area contributed by atoms with Gasteiger partial charge in [0.05, 0.1) is 0 Å². The van der Waals surface area contributed by atoms with Crippen molar-refractivity contribution in [2.45, 2.75) is 33.1 Å². The van der Waals surface area contributed by atoms with E-state index in [1.54, 1.807) is 0 Å². The van der Waals surface area contributed by atoms with Gasteiger partial charge in [-0.1, -0.05) is 12.1 Å². The first kappa shape index (κ1) is 12.3. The number of hydrogen-bond acceptors (Lipinski definition) is 1. The van der Waals surface area contributed by atoms with E-state index in [2.05, 4.69) is 6.92 Å². The Morgan fingerprint density at radius 1 is 1.20 bits per heavy atom. The third-order valence-corrected chi connectivity index (χ3v) is 2.88. The van der Waals surface area contributed by atoms with Crippen molar-refractivity contribution in [3.05, 3.63) is 34.9 Å². The highest BCUT2D eigenvalue weighted by Crippen LogP contribution is 2.13. The average Bonchev–Trinajstić information content (AvgIpc) is 2.22. The summed E-state index contributed by atoms with van der Waals surface area (Å²) in [6.07, 6.45) is 2.41. The van der Waals surface area contributed by atoms with Gasteiger partial charge in [0.1, 0.15) is 0 Å². The summed E-state index contributed by atoms with van der Waals surface area (Å²) in [6, 6.07) is 5.88. The number of hydrogen-bond donors (Lipinski definition) is 0. The van der Waals surface area contributed by atoms with Crippen LogP contribution in [0.4, 0.5) is 0 Å². The molecule has 1 aromatic carbocycles. The first-order chi connectivity index (χ1) is 7.15. The van der Waals surface area contributed by atoms with Crippen LogP contribution in [0.3, 0.4) is 0 Å². The molecule has 0 saturated carbocycles. The van der Waals surface area contributed by atoms with Crippen LogP contribution in [0.5, 0.6) is 0 Å². The maximum absolute atomic E-state index is 11.7. The number of Topliss-reactive ketones (excluding diaryl/α,β-unsaturated/α-hetero) is 1. The maximum atomic E-state index is 11.7. The number of aryl methyl sites for hydroxylation is 2. The molecule has 0 heterocycles. The van der Waals surface area contributed by atoms with Crippen molar-refractivity contribution in [2.75, 3.05) is 5.88 Å². The molecule has 1 aromatic rings. The van der Waals surface area contributed by atoms with E-state index in [9.17, 15) is 4.79 Å². The summed E-state index contributed by atoms with van der Waals surface area (Å²) >= 11 is 5.57. The van der Waals surface area contributed by atoms with Crippen molar-refractivity contribution in [2.24, 2.45) is 0 Å². The molecular weight excluding hydrogens is 208 g/mol. The minimum atomic E-state index is 0.225. The number of rotatable bonds is 5. The summed E-state index contributed by atoms with van der Waals surface area (Å²) in [5.74, 6) is 0.864. The topological polar surface area (TPSA) is 17.1 Å². The van der Waals surface area contributed by atoms with Gasteiger partial charge in [0, 0.05) is 17.9 Å². The lowest BCUT2D eigenvalue weighted by molar-refractivity contribution is 0.0980. The molecule has 82 valence electrons. The Bertz CT molecular complexity index is 344. The van der Waals surface area contributed by atoms with Crippen molar-refractivity contribution in [1.29, 1.82) is 0 Å². The minimum Gasteiger partial charge on any atom is -0.294 e. The Balaban J connectivity index is 2.62. The Hall–Kier alpha value is -0.820. The minimum absolute atomic E-state index is 0.225. The van der Waals surface area contributed by atoms with Gasteiger partial charge >= 0.3 is 0 Å². The van der Waals surface area contributed by atoms with Crippen LogP contribution >= 0.6 is 11.6 Å². The number of alkyl halides is 1. The van der Waals surface area contributed by atoms with Gasteiger partial charge in [-0.25, -0.2) is 0 Å². The Morgan fingerprint density at radius 2 is 1.93 bits per heavy atom. The summed E-state index contributed by atoms with van der Waals surface area (Å²) in [6.45, 7) is 4.09. The number of halogens is 1. The van der Waals surface area contributed by atoms with Crippen LogP contribution < -0.4 is 0 Å². The summed E-state index contributed by atoms with van der Waals surface area (Å²) in [4.78, 5) is 11.7. The zero-order valence-electron chi connectivity index (χ0n) is 9.35. The normalized spacial score (nSPS) is 10.3. The molecule has 0 fully saturated rings. The molecule has 0 radical (unpaired) electrons. The SMILES string of the molecule is Cc1ccc(C(=O)CCCCCl)cc1C. The van der Waals surface area contributed by atoms with Crippen LogP contribution in [0.2, 0.25) is 0 Å². The van der Waals surface area contributed by atoms with E-state index in [0.717, 1.165) is 18.4 Å². The van der Waals surface area contributed by atoms with E-state index < -0.39 is 0 Å². The van der Waals surface area contributed by atoms with Crippen LogP contribution in [0.25, 0.3) is 0 Å². The average molecular weight is 225 g/mol. The van der Waals surface area contributed by atoms with E-state index >= 15 is 0 Å². The highest BCUT2D eigenvalue weighted by Gasteiger charge is 2.06. The molecule has 1 nitrogen and oxygen atoms in total. The van der Waals surface area contributed by atoms with Crippen LogP contribution in [-0.4, -0.2) is 11.7 Å². The van der Waals surface area contributed by atoms with Gasteiger partial charge in [-0.2, -0.15) is 0 Å². The van der Waals surface area contributed by atoms with Gasteiger partial charge in [-0.15, -0.1) is 11.6 Å². The highest BCUT2D eigenvalue weighted by atomic mass is 35.5. The summed E-state index contributed by atoms with van der Waals surface area (Å²) < 4.78 is 0. The van der Waals surface area contributed by atoms with Crippen LogP contribution in [0.15, 0.2) is 18.2 Å². The second-order valence-corrected chi connectivity index (χ2v) is 4.25. The second-order valence-electron chi connectivity index (χ2n) is 3.87. The van der Waals surface area contributed by atoms with Crippen LogP contribution in [-0.2, 0) is 0 Å². The number of unbranched alkanes of at least 4 members (excludes halogenated alkanes) is 1. The number of carbonyl (C=O) groups is 1. The van der Waals surface area contributed by atoms with Gasteiger partial charge in [-0.05, 0) is 43.9 Å². The van der Waals surface area contributed by atoms with Gasteiger partial charge < -0.3 is 0 Å². The molecule has 1 rings (SSSR count). The van der Waals surface area contributed by atoms with Gasteiger partial charge in [0.25, 0.3) is 0 Å². The van der Waals surface area contributed by atoms with Crippen molar-refractivity contribution < 1.29 is 4.79 Å². The lowest BCUT2D eigenvalue weighted by Crippen LogP contribution is -2.00. The summed E-state index contributed by atoms with van der Waals surface area (Å²) in [7, 11) is 0. The fourth-order valence-corrected chi connectivity index (χ4v) is 1.63.